The Morgan fingerprint density at radius 1 is 1.39 bits per heavy atom. The average Bonchev–Trinajstić information content (AvgIpc) is 2.92. The van der Waals surface area contributed by atoms with Crippen LogP contribution in [0.1, 0.15) is 13.8 Å². The first-order chi connectivity index (χ1) is 8.54. The van der Waals surface area contributed by atoms with Crippen LogP contribution >= 0.6 is 11.3 Å². The first-order valence-corrected chi connectivity index (χ1v) is 6.91. The number of thiazole rings is 1. The summed E-state index contributed by atoms with van der Waals surface area (Å²) in [4.78, 5) is 20.6. The van der Waals surface area contributed by atoms with Gasteiger partial charge in [-0.25, -0.2) is 4.98 Å². The van der Waals surface area contributed by atoms with E-state index in [1.807, 2.05) is 30.3 Å². The highest BCUT2D eigenvalue weighted by Gasteiger charge is 2.33. The molecule has 0 aliphatic carbocycles. The number of carbonyl (C=O) groups excluding carboxylic acids is 1. The first-order valence-electron chi connectivity index (χ1n) is 6.03. The third kappa shape index (κ3) is 2.64. The van der Waals surface area contributed by atoms with Crippen LogP contribution in [0.5, 0.6) is 0 Å². The van der Waals surface area contributed by atoms with E-state index in [9.17, 15) is 4.79 Å². The molecule has 0 atom stereocenters. The van der Waals surface area contributed by atoms with Crippen molar-refractivity contribution in [2.45, 2.75) is 19.4 Å². The molecule has 2 heterocycles. The van der Waals surface area contributed by atoms with Gasteiger partial charge in [0, 0.05) is 44.9 Å². The maximum Gasteiger partial charge on any atom is 0.254 e. The summed E-state index contributed by atoms with van der Waals surface area (Å²) in [6.07, 6.45) is 1.81. The Morgan fingerprint density at radius 2 is 2.06 bits per heavy atom. The number of nitrogens with zero attached hydrogens (tertiary/aromatic N) is 3. The van der Waals surface area contributed by atoms with Gasteiger partial charge in [0.1, 0.15) is 5.60 Å². The van der Waals surface area contributed by atoms with Gasteiger partial charge in [0.05, 0.1) is 0 Å². The molecule has 2 rings (SSSR count). The molecule has 18 heavy (non-hydrogen) atoms. The maximum absolute atomic E-state index is 12.2. The highest BCUT2D eigenvalue weighted by atomic mass is 32.1. The number of anilines is 1. The molecular formula is C12H19N3O2S. The first kappa shape index (κ1) is 13.3. The number of aromatic nitrogens is 1. The molecule has 1 aromatic heterocycles. The molecule has 0 unspecified atom stereocenters. The van der Waals surface area contributed by atoms with Crippen molar-refractivity contribution in [1.82, 2.24) is 9.88 Å². The lowest BCUT2D eigenvalue weighted by Crippen LogP contribution is -2.54. The summed E-state index contributed by atoms with van der Waals surface area (Å²) in [5.41, 5.74) is -0.733. The molecule has 0 saturated carbocycles. The molecule has 1 fully saturated rings. The molecule has 1 aromatic rings. The molecule has 0 spiro atoms. The van der Waals surface area contributed by atoms with E-state index in [-0.39, 0.29) is 5.91 Å². The second-order valence-electron chi connectivity index (χ2n) is 4.81. The van der Waals surface area contributed by atoms with Crippen LogP contribution in [0.2, 0.25) is 0 Å². The van der Waals surface area contributed by atoms with Gasteiger partial charge in [0.25, 0.3) is 5.91 Å². The molecule has 5 nitrogen and oxygen atoms in total. The summed E-state index contributed by atoms with van der Waals surface area (Å²) in [5, 5.41) is 3.01. The second kappa shape index (κ2) is 5.24. The summed E-state index contributed by atoms with van der Waals surface area (Å²) >= 11 is 1.64. The van der Waals surface area contributed by atoms with E-state index in [0.717, 1.165) is 31.3 Å². The fourth-order valence-corrected chi connectivity index (χ4v) is 2.64. The highest BCUT2D eigenvalue weighted by Crippen LogP contribution is 2.20. The zero-order valence-electron chi connectivity index (χ0n) is 11.0. The van der Waals surface area contributed by atoms with Gasteiger partial charge in [0.15, 0.2) is 5.13 Å². The number of rotatable bonds is 3. The number of piperazine rings is 1. The van der Waals surface area contributed by atoms with E-state index in [4.69, 9.17) is 4.74 Å². The van der Waals surface area contributed by atoms with Crippen LogP contribution in [0.4, 0.5) is 5.13 Å². The van der Waals surface area contributed by atoms with Crippen molar-refractivity contribution in [1.29, 1.82) is 0 Å². The van der Waals surface area contributed by atoms with E-state index in [0.29, 0.717) is 0 Å². The number of methoxy groups -OCH3 is 1. The maximum atomic E-state index is 12.2. The van der Waals surface area contributed by atoms with Crippen LogP contribution in [0, 0.1) is 0 Å². The highest BCUT2D eigenvalue weighted by molar-refractivity contribution is 7.13. The number of hydrogen-bond acceptors (Lipinski definition) is 5. The predicted molar refractivity (Wildman–Crippen MR) is 72.0 cm³/mol. The Morgan fingerprint density at radius 3 is 2.56 bits per heavy atom. The lowest BCUT2D eigenvalue weighted by Gasteiger charge is -2.38. The van der Waals surface area contributed by atoms with Crippen LogP contribution in [-0.2, 0) is 9.53 Å². The van der Waals surface area contributed by atoms with Gasteiger partial charge in [-0.1, -0.05) is 0 Å². The molecule has 0 N–H and O–H groups in total. The fraction of sp³-hybridized carbons (Fsp3) is 0.667. The molecule has 1 aliphatic heterocycles. The van der Waals surface area contributed by atoms with E-state index in [1.165, 1.54) is 0 Å². The number of carbonyl (C=O) groups is 1. The minimum absolute atomic E-state index is 0.0591. The summed E-state index contributed by atoms with van der Waals surface area (Å²) in [6.45, 7) is 6.74. The topological polar surface area (TPSA) is 45.7 Å². The van der Waals surface area contributed by atoms with Crippen LogP contribution < -0.4 is 4.90 Å². The van der Waals surface area contributed by atoms with E-state index < -0.39 is 5.60 Å². The SMILES string of the molecule is COC(C)(C)C(=O)N1CCN(c2nccs2)CC1. The molecule has 0 aromatic carbocycles. The van der Waals surface area contributed by atoms with Crippen LogP contribution in [0.25, 0.3) is 0 Å². The number of amides is 1. The van der Waals surface area contributed by atoms with Crippen molar-refractivity contribution in [3.05, 3.63) is 11.6 Å². The Hall–Kier alpha value is -1.14. The molecule has 100 valence electrons. The molecule has 0 radical (unpaired) electrons. The van der Waals surface area contributed by atoms with Gasteiger partial charge >= 0.3 is 0 Å². The van der Waals surface area contributed by atoms with Crippen molar-refractivity contribution in [2.24, 2.45) is 0 Å². The minimum atomic E-state index is -0.733. The minimum Gasteiger partial charge on any atom is -0.369 e. The summed E-state index contributed by atoms with van der Waals surface area (Å²) < 4.78 is 5.24. The Kier molecular flexibility index (Phi) is 3.87. The molecule has 1 aliphatic rings. The smallest absolute Gasteiger partial charge is 0.254 e. The Labute approximate surface area is 111 Å². The zero-order valence-corrected chi connectivity index (χ0v) is 11.9. The number of ether oxygens (including phenoxy) is 1. The monoisotopic (exact) mass is 269 g/mol. The molecule has 6 heteroatoms. The van der Waals surface area contributed by atoms with Crippen molar-refractivity contribution >= 4 is 22.4 Å². The number of hydrogen-bond donors (Lipinski definition) is 0. The van der Waals surface area contributed by atoms with E-state index in [2.05, 4.69) is 9.88 Å². The third-order valence-corrected chi connectivity index (χ3v) is 4.11. The molecule has 1 saturated heterocycles. The summed E-state index contributed by atoms with van der Waals surface area (Å²) in [7, 11) is 1.57. The van der Waals surface area contributed by atoms with Gasteiger partial charge in [-0.2, -0.15) is 0 Å². The largest absolute Gasteiger partial charge is 0.369 e. The van der Waals surface area contributed by atoms with Gasteiger partial charge < -0.3 is 14.5 Å². The summed E-state index contributed by atoms with van der Waals surface area (Å²) in [5.74, 6) is 0.0591. The lowest BCUT2D eigenvalue weighted by atomic mass is 10.1. The van der Waals surface area contributed by atoms with Crippen LogP contribution in [-0.4, -0.2) is 54.7 Å². The summed E-state index contributed by atoms with van der Waals surface area (Å²) in [6, 6.07) is 0. The van der Waals surface area contributed by atoms with Crippen molar-refractivity contribution in [2.75, 3.05) is 38.2 Å². The second-order valence-corrected chi connectivity index (χ2v) is 5.68. The van der Waals surface area contributed by atoms with Gasteiger partial charge in [-0.05, 0) is 13.8 Å². The lowest BCUT2D eigenvalue weighted by molar-refractivity contribution is -0.151. The predicted octanol–water partition coefficient (Wildman–Crippen LogP) is 1.22. The normalized spacial score (nSPS) is 17.1. The molecule has 1 amide bonds. The van der Waals surface area contributed by atoms with Crippen molar-refractivity contribution in [3.63, 3.8) is 0 Å². The molecule has 0 bridgehead atoms. The van der Waals surface area contributed by atoms with Gasteiger partial charge in [0.2, 0.25) is 0 Å². The third-order valence-electron chi connectivity index (χ3n) is 3.28. The standard InChI is InChI=1S/C12H19N3O2S/c1-12(2,17-3)10(16)14-5-7-15(8-6-14)11-13-4-9-18-11/h4,9H,5-8H2,1-3H3. The quantitative estimate of drug-likeness (QED) is 0.827. The van der Waals surface area contributed by atoms with Crippen molar-refractivity contribution in [3.8, 4) is 0 Å². The molecular weight excluding hydrogens is 250 g/mol. The van der Waals surface area contributed by atoms with E-state index >= 15 is 0 Å². The van der Waals surface area contributed by atoms with Crippen molar-refractivity contribution < 1.29 is 9.53 Å². The Balaban J connectivity index is 1.93. The van der Waals surface area contributed by atoms with Gasteiger partial charge in [-0.3, -0.25) is 4.79 Å². The van der Waals surface area contributed by atoms with E-state index in [1.54, 1.807) is 18.4 Å². The zero-order chi connectivity index (χ0) is 13.2. The van der Waals surface area contributed by atoms with Crippen LogP contribution in [0.3, 0.4) is 0 Å². The Bertz CT molecular complexity index is 397. The average molecular weight is 269 g/mol. The van der Waals surface area contributed by atoms with Crippen LogP contribution in [0.15, 0.2) is 11.6 Å². The fourth-order valence-electron chi connectivity index (χ4n) is 1.94. The van der Waals surface area contributed by atoms with Gasteiger partial charge in [-0.15, -0.1) is 11.3 Å².